The lowest BCUT2D eigenvalue weighted by Gasteiger charge is -2.08. The first kappa shape index (κ1) is 21.5. The number of aromatic nitrogens is 1. The number of ketones is 1. The number of rotatable bonds is 2. The first-order valence-corrected chi connectivity index (χ1v) is 9.95. The van der Waals surface area contributed by atoms with E-state index in [1.807, 2.05) is 12.1 Å². The van der Waals surface area contributed by atoms with Crippen molar-refractivity contribution in [2.24, 2.45) is 0 Å². The molecule has 0 atom stereocenters. The number of carboxylic acids is 1. The van der Waals surface area contributed by atoms with E-state index in [0.717, 1.165) is 10.9 Å². The minimum Gasteiger partial charge on any atom is -0.475 e. The van der Waals surface area contributed by atoms with Crippen molar-refractivity contribution in [3.05, 3.63) is 65.9 Å². The van der Waals surface area contributed by atoms with Crippen molar-refractivity contribution in [2.75, 3.05) is 6.54 Å². The molecule has 2 aromatic carbocycles. The first-order chi connectivity index (χ1) is 14.0. The number of hydrogen-bond acceptors (Lipinski definition) is 5. The number of carbonyl (C=O) groups excluding carboxylic acids is 1. The summed E-state index contributed by atoms with van der Waals surface area (Å²) in [5.74, 6) is -2.85. The van der Waals surface area contributed by atoms with E-state index in [0.29, 0.717) is 17.6 Å². The van der Waals surface area contributed by atoms with Crippen LogP contribution in [-0.2, 0) is 21.4 Å². The molecule has 30 heavy (non-hydrogen) atoms. The Hall–Kier alpha value is -3.18. The van der Waals surface area contributed by atoms with Crippen LogP contribution < -0.4 is 5.32 Å². The normalized spacial score (nSPS) is 14.0. The van der Waals surface area contributed by atoms with Crippen molar-refractivity contribution in [3.63, 3.8) is 0 Å². The predicted octanol–water partition coefficient (Wildman–Crippen LogP) is 2.80. The van der Waals surface area contributed by atoms with E-state index < -0.39 is 22.2 Å². The van der Waals surface area contributed by atoms with E-state index in [1.54, 1.807) is 36.4 Å². The summed E-state index contributed by atoms with van der Waals surface area (Å²) >= 11 is 0. The largest absolute Gasteiger partial charge is 0.490 e. The Morgan fingerprint density at radius 3 is 2.27 bits per heavy atom. The number of halogens is 3. The minimum atomic E-state index is -5.08. The second kappa shape index (κ2) is 7.92. The van der Waals surface area contributed by atoms with Gasteiger partial charge in [0.25, 0.3) is 10.0 Å². The molecule has 0 radical (unpaired) electrons. The average molecular weight is 440 g/mol. The number of Topliss-reactive ketones (excluding diaryl/α,β-unsaturated/α-hetero) is 1. The maximum atomic E-state index is 12.9. The van der Waals surface area contributed by atoms with Gasteiger partial charge in [0.15, 0.2) is 5.78 Å². The van der Waals surface area contributed by atoms with Gasteiger partial charge in [0, 0.05) is 23.7 Å². The molecule has 0 amide bonds. The molecule has 4 rings (SSSR count). The number of alkyl halides is 3. The van der Waals surface area contributed by atoms with Crippen molar-refractivity contribution in [3.8, 4) is 0 Å². The zero-order valence-corrected chi connectivity index (χ0v) is 16.0. The van der Waals surface area contributed by atoms with E-state index in [9.17, 15) is 26.4 Å². The molecule has 0 saturated carbocycles. The number of benzene rings is 2. The quantitative estimate of drug-likeness (QED) is 0.635. The SMILES string of the molecule is O=C(O)C(F)(F)F.O=C1CNCc2cccc3c2c1cn3S(=O)(=O)c1ccccc1. The highest BCUT2D eigenvalue weighted by Crippen LogP contribution is 2.30. The maximum absolute atomic E-state index is 12.9. The molecule has 2 heterocycles. The molecular weight excluding hydrogens is 425 g/mol. The molecule has 0 aliphatic carbocycles. The van der Waals surface area contributed by atoms with Crippen molar-refractivity contribution in [1.29, 1.82) is 0 Å². The molecule has 0 bridgehead atoms. The van der Waals surface area contributed by atoms with Crippen LogP contribution in [0.15, 0.2) is 59.6 Å². The zero-order chi connectivity index (χ0) is 22.1. The highest BCUT2D eigenvalue weighted by Gasteiger charge is 2.38. The Balaban J connectivity index is 0.000000318. The zero-order valence-electron chi connectivity index (χ0n) is 15.2. The fourth-order valence-corrected chi connectivity index (χ4v) is 4.39. The molecule has 2 N–H and O–H groups in total. The van der Waals surface area contributed by atoms with Gasteiger partial charge in [-0.05, 0) is 23.8 Å². The van der Waals surface area contributed by atoms with Gasteiger partial charge in [-0.2, -0.15) is 13.2 Å². The number of aliphatic carboxylic acids is 1. The molecule has 3 aromatic rings. The van der Waals surface area contributed by atoms with E-state index in [2.05, 4.69) is 5.32 Å². The second-order valence-electron chi connectivity index (χ2n) is 6.30. The smallest absolute Gasteiger partial charge is 0.475 e. The summed E-state index contributed by atoms with van der Waals surface area (Å²) in [4.78, 5) is 21.4. The molecule has 1 aliphatic heterocycles. The first-order valence-electron chi connectivity index (χ1n) is 8.51. The average Bonchev–Trinajstić information content (AvgIpc) is 3.02. The fourth-order valence-electron chi connectivity index (χ4n) is 3.00. The molecule has 1 aliphatic rings. The Bertz CT molecular complexity index is 1220. The number of carboxylic acid groups (broad SMARTS) is 1. The predicted molar refractivity (Wildman–Crippen MR) is 101 cm³/mol. The minimum absolute atomic E-state index is 0.0954. The van der Waals surface area contributed by atoms with Gasteiger partial charge in [0.2, 0.25) is 0 Å². The summed E-state index contributed by atoms with van der Waals surface area (Å²) in [5.41, 5.74) is 1.93. The van der Waals surface area contributed by atoms with Crippen LogP contribution in [0.3, 0.4) is 0 Å². The summed E-state index contributed by atoms with van der Waals surface area (Å²) in [6.07, 6.45) is -3.63. The van der Waals surface area contributed by atoms with Crippen LogP contribution in [0.2, 0.25) is 0 Å². The van der Waals surface area contributed by atoms with Crippen LogP contribution in [0.4, 0.5) is 13.2 Å². The van der Waals surface area contributed by atoms with Crippen LogP contribution in [0.25, 0.3) is 10.9 Å². The van der Waals surface area contributed by atoms with Gasteiger partial charge in [-0.1, -0.05) is 30.3 Å². The van der Waals surface area contributed by atoms with Gasteiger partial charge in [-0.3, -0.25) is 4.79 Å². The van der Waals surface area contributed by atoms with Crippen LogP contribution in [0.5, 0.6) is 0 Å². The highest BCUT2D eigenvalue weighted by molar-refractivity contribution is 7.90. The Morgan fingerprint density at radius 1 is 1.03 bits per heavy atom. The topological polar surface area (TPSA) is 105 Å². The molecule has 0 unspecified atom stereocenters. The van der Waals surface area contributed by atoms with Gasteiger partial charge in [0.05, 0.1) is 17.0 Å². The Morgan fingerprint density at radius 2 is 1.67 bits per heavy atom. The Kier molecular flexibility index (Phi) is 5.68. The van der Waals surface area contributed by atoms with Gasteiger partial charge >= 0.3 is 12.1 Å². The second-order valence-corrected chi connectivity index (χ2v) is 8.11. The summed E-state index contributed by atoms with van der Waals surface area (Å²) < 4.78 is 58.8. The van der Waals surface area contributed by atoms with Gasteiger partial charge in [-0.25, -0.2) is 17.2 Å². The molecular formula is C19H15F3N2O5S. The summed E-state index contributed by atoms with van der Waals surface area (Å²) in [6.45, 7) is 0.755. The summed E-state index contributed by atoms with van der Waals surface area (Å²) in [5, 5.41) is 10.9. The third-order valence-electron chi connectivity index (χ3n) is 4.33. The monoisotopic (exact) mass is 440 g/mol. The summed E-state index contributed by atoms with van der Waals surface area (Å²) in [6, 6.07) is 13.7. The lowest BCUT2D eigenvalue weighted by molar-refractivity contribution is -0.192. The molecule has 158 valence electrons. The fraction of sp³-hybridized carbons (Fsp3) is 0.158. The lowest BCUT2D eigenvalue weighted by atomic mass is 10.1. The number of hydrogen-bond donors (Lipinski definition) is 2. The maximum Gasteiger partial charge on any atom is 0.490 e. The highest BCUT2D eigenvalue weighted by atomic mass is 32.2. The van der Waals surface area contributed by atoms with E-state index in [-0.39, 0.29) is 17.2 Å². The molecule has 0 spiro atoms. The van der Waals surface area contributed by atoms with Crippen molar-refractivity contribution in [2.45, 2.75) is 17.6 Å². The molecule has 0 fully saturated rings. The van der Waals surface area contributed by atoms with Crippen LogP contribution in [0, 0.1) is 0 Å². The molecule has 0 saturated heterocycles. The third kappa shape index (κ3) is 4.07. The number of carbonyl (C=O) groups is 2. The molecule has 11 heteroatoms. The van der Waals surface area contributed by atoms with Gasteiger partial charge in [-0.15, -0.1) is 0 Å². The van der Waals surface area contributed by atoms with Gasteiger partial charge < -0.3 is 10.4 Å². The third-order valence-corrected chi connectivity index (χ3v) is 6.01. The number of nitrogens with one attached hydrogen (secondary N) is 1. The molecule has 7 nitrogen and oxygen atoms in total. The van der Waals surface area contributed by atoms with E-state index in [4.69, 9.17) is 9.90 Å². The van der Waals surface area contributed by atoms with Crippen molar-refractivity contribution < 1.29 is 36.3 Å². The number of nitrogens with zero attached hydrogens (tertiary/aromatic N) is 1. The lowest BCUT2D eigenvalue weighted by Crippen LogP contribution is -2.21. The van der Waals surface area contributed by atoms with Crippen molar-refractivity contribution >= 4 is 32.7 Å². The standard InChI is InChI=1S/C17H14N2O3S.C2HF3O2/c20-16-10-18-9-12-5-4-8-15-17(12)14(16)11-19(15)23(21,22)13-6-2-1-3-7-13;3-2(4,5)1(6)7/h1-8,11,18H,9-10H2;(H,6,7). The molecule has 1 aromatic heterocycles. The van der Waals surface area contributed by atoms with Crippen LogP contribution >= 0.6 is 0 Å². The summed E-state index contributed by atoms with van der Waals surface area (Å²) in [7, 11) is -3.74. The van der Waals surface area contributed by atoms with Crippen LogP contribution in [0.1, 0.15) is 15.9 Å². The van der Waals surface area contributed by atoms with E-state index >= 15 is 0 Å². The Labute approximate surface area is 168 Å². The van der Waals surface area contributed by atoms with Crippen LogP contribution in [-0.4, -0.2) is 42.0 Å². The van der Waals surface area contributed by atoms with Gasteiger partial charge in [0.1, 0.15) is 0 Å². The van der Waals surface area contributed by atoms with E-state index in [1.165, 1.54) is 10.2 Å². The van der Waals surface area contributed by atoms with Crippen molar-refractivity contribution in [1.82, 2.24) is 9.29 Å².